The van der Waals surface area contributed by atoms with E-state index in [1.165, 1.54) is 0 Å². The highest BCUT2D eigenvalue weighted by atomic mass is 127. The second-order valence-corrected chi connectivity index (χ2v) is 5.59. The topological polar surface area (TPSA) is 67.1 Å². The van der Waals surface area contributed by atoms with Crippen molar-refractivity contribution < 1.29 is 0 Å². The Morgan fingerprint density at radius 2 is 2.00 bits per heavy atom. The normalized spacial score (nSPS) is 11.1. The van der Waals surface area contributed by atoms with E-state index in [0.717, 1.165) is 47.7 Å². The molecule has 1 aromatic heterocycles. The molecule has 1 heterocycles. The maximum absolute atomic E-state index is 6.17. The van der Waals surface area contributed by atoms with Crippen molar-refractivity contribution in [3.05, 3.63) is 46.5 Å². The molecule has 0 radical (unpaired) electrons. The number of guanidine groups is 1. The quantitative estimate of drug-likeness (QED) is 0.393. The van der Waals surface area contributed by atoms with E-state index >= 15 is 0 Å². The van der Waals surface area contributed by atoms with E-state index < -0.39 is 0 Å². The lowest BCUT2D eigenvalue weighted by Gasteiger charge is -2.11. The van der Waals surface area contributed by atoms with Crippen LogP contribution in [0, 0.1) is 6.92 Å². The molecule has 6 nitrogen and oxygen atoms in total. The number of aromatic nitrogens is 3. The first-order valence-corrected chi connectivity index (χ1v) is 8.10. The van der Waals surface area contributed by atoms with Gasteiger partial charge in [0, 0.05) is 25.2 Å². The minimum absolute atomic E-state index is 0. The van der Waals surface area contributed by atoms with Crippen LogP contribution in [-0.2, 0) is 20.0 Å². The molecule has 2 N–H and O–H groups in total. The number of hydrogen-bond acceptors (Lipinski definition) is 3. The summed E-state index contributed by atoms with van der Waals surface area (Å²) >= 11 is 6.17. The lowest BCUT2D eigenvalue weighted by molar-refractivity contribution is 0.753. The summed E-state index contributed by atoms with van der Waals surface area (Å²) in [7, 11) is 1.94. The van der Waals surface area contributed by atoms with E-state index in [1.54, 1.807) is 0 Å². The van der Waals surface area contributed by atoms with Crippen molar-refractivity contribution >= 4 is 41.5 Å². The molecule has 0 saturated heterocycles. The van der Waals surface area contributed by atoms with E-state index in [9.17, 15) is 0 Å². The first kappa shape index (κ1) is 20.7. The number of aryl methyl sites for hydroxylation is 1. The summed E-state index contributed by atoms with van der Waals surface area (Å²) < 4.78 is 1.94. The minimum Gasteiger partial charge on any atom is -0.357 e. The van der Waals surface area contributed by atoms with Gasteiger partial charge in [-0.25, -0.2) is 4.99 Å². The maximum atomic E-state index is 6.17. The van der Waals surface area contributed by atoms with Gasteiger partial charge >= 0.3 is 0 Å². The van der Waals surface area contributed by atoms with Crippen molar-refractivity contribution in [3.8, 4) is 0 Å². The minimum atomic E-state index is 0. The Hall–Kier alpha value is -1.35. The van der Waals surface area contributed by atoms with Gasteiger partial charge in [0.2, 0.25) is 0 Å². The van der Waals surface area contributed by atoms with E-state index in [-0.39, 0.29) is 24.0 Å². The lowest BCUT2D eigenvalue weighted by atomic mass is 10.1. The van der Waals surface area contributed by atoms with Crippen molar-refractivity contribution in [2.75, 3.05) is 13.1 Å². The Morgan fingerprint density at radius 1 is 1.25 bits per heavy atom. The molecule has 2 rings (SSSR count). The SMILES string of the molecule is CCNC(=NCc1nnc(C)n1C)NCCc1ccccc1Cl.I. The molecule has 0 bridgehead atoms. The molecule has 0 aliphatic carbocycles. The summed E-state index contributed by atoms with van der Waals surface area (Å²) in [4.78, 5) is 4.55. The highest BCUT2D eigenvalue weighted by molar-refractivity contribution is 14.0. The fourth-order valence-corrected chi connectivity index (χ4v) is 2.33. The summed E-state index contributed by atoms with van der Waals surface area (Å²) in [5.74, 6) is 2.48. The Balaban J connectivity index is 0.00000288. The lowest BCUT2D eigenvalue weighted by Crippen LogP contribution is -2.38. The van der Waals surface area contributed by atoms with E-state index in [4.69, 9.17) is 11.6 Å². The van der Waals surface area contributed by atoms with Gasteiger partial charge in [-0.3, -0.25) is 0 Å². The van der Waals surface area contributed by atoms with Crippen molar-refractivity contribution in [2.45, 2.75) is 26.8 Å². The van der Waals surface area contributed by atoms with Crippen LogP contribution < -0.4 is 10.6 Å². The van der Waals surface area contributed by atoms with Crippen LogP contribution in [0.4, 0.5) is 0 Å². The molecular formula is C16H24ClIN6. The van der Waals surface area contributed by atoms with E-state index in [2.05, 4.69) is 25.8 Å². The first-order valence-electron chi connectivity index (χ1n) is 7.72. The van der Waals surface area contributed by atoms with Gasteiger partial charge in [0.15, 0.2) is 11.8 Å². The van der Waals surface area contributed by atoms with Crippen LogP contribution >= 0.6 is 35.6 Å². The van der Waals surface area contributed by atoms with Crippen molar-refractivity contribution in [1.82, 2.24) is 25.4 Å². The van der Waals surface area contributed by atoms with Crippen LogP contribution in [0.5, 0.6) is 0 Å². The van der Waals surface area contributed by atoms with Crippen molar-refractivity contribution in [2.24, 2.45) is 12.0 Å². The molecule has 24 heavy (non-hydrogen) atoms. The van der Waals surface area contributed by atoms with Crippen LogP contribution in [0.1, 0.15) is 24.1 Å². The van der Waals surface area contributed by atoms with Crippen molar-refractivity contribution in [1.29, 1.82) is 0 Å². The van der Waals surface area contributed by atoms with Gasteiger partial charge in [0.25, 0.3) is 0 Å². The van der Waals surface area contributed by atoms with Gasteiger partial charge in [0.1, 0.15) is 12.4 Å². The third-order valence-corrected chi connectivity index (χ3v) is 3.92. The molecule has 132 valence electrons. The second-order valence-electron chi connectivity index (χ2n) is 5.19. The molecule has 0 fully saturated rings. The summed E-state index contributed by atoms with van der Waals surface area (Å²) in [6.07, 6.45) is 0.840. The van der Waals surface area contributed by atoms with E-state index in [1.807, 2.05) is 49.7 Å². The summed E-state index contributed by atoms with van der Waals surface area (Å²) in [6, 6.07) is 7.88. The summed E-state index contributed by atoms with van der Waals surface area (Å²) in [5.41, 5.74) is 1.13. The fourth-order valence-electron chi connectivity index (χ4n) is 2.10. The highest BCUT2D eigenvalue weighted by Gasteiger charge is 2.05. The molecular weight excluding hydrogens is 439 g/mol. The zero-order chi connectivity index (χ0) is 16.7. The average molecular weight is 463 g/mol. The molecule has 0 spiro atoms. The molecule has 2 aromatic rings. The van der Waals surface area contributed by atoms with Crippen LogP contribution in [0.2, 0.25) is 5.02 Å². The maximum Gasteiger partial charge on any atom is 0.191 e. The third kappa shape index (κ3) is 5.94. The largest absolute Gasteiger partial charge is 0.357 e. The van der Waals surface area contributed by atoms with Gasteiger partial charge in [-0.2, -0.15) is 0 Å². The fraction of sp³-hybridized carbons (Fsp3) is 0.438. The van der Waals surface area contributed by atoms with Gasteiger partial charge in [-0.05, 0) is 31.9 Å². The van der Waals surface area contributed by atoms with Gasteiger partial charge in [-0.1, -0.05) is 29.8 Å². The molecule has 1 aromatic carbocycles. The average Bonchev–Trinajstić information content (AvgIpc) is 2.86. The molecule has 0 aliphatic heterocycles. The van der Waals surface area contributed by atoms with Gasteiger partial charge in [-0.15, -0.1) is 34.2 Å². The number of benzene rings is 1. The Labute approximate surface area is 165 Å². The number of nitrogens with zero attached hydrogens (tertiary/aromatic N) is 4. The summed E-state index contributed by atoms with van der Waals surface area (Å²) in [5, 5.41) is 15.5. The monoisotopic (exact) mass is 462 g/mol. The molecule has 0 unspecified atom stereocenters. The van der Waals surface area contributed by atoms with Crippen LogP contribution in [0.25, 0.3) is 0 Å². The molecule has 0 saturated carbocycles. The predicted octanol–water partition coefficient (Wildman–Crippen LogP) is 2.69. The highest BCUT2D eigenvalue weighted by Crippen LogP contribution is 2.14. The number of nitrogens with one attached hydrogen (secondary N) is 2. The Bertz CT molecular complexity index is 670. The van der Waals surface area contributed by atoms with Gasteiger partial charge < -0.3 is 15.2 Å². The van der Waals surface area contributed by atoms with Crippen LogP contribution in [0.3, 0.4) is 0 Å². The second kappa shape index (κ2) is 10.5. The number of rotatable bonds is 6. The van der Waals surface area contributed by atoms with Crippen LogP contribution in [-0.4, -0.2) is 33.8 Å². The molecule has 0 amide bonds. The van der Waals surface area contributed by atoms with Gasteiger partial charge in [0.05, 0.1) is 0 Å². The molecule has 0 atom stereocenters. The molecule has 0 aliphatic rings. The predicted molar refractivity (Wildman–Crippen MR) is 109 cm³/mol. The smallest absolute Gasteiger partial charge is 0.191 e. The molecule has 8 heteroatoms. The van der Waals surface area contributed by atoms with Crippen LogP contribution in [0.15, 0.2) is 29.3 Å². The summed E-state index contributed by atoms with van der Waals surface area (Å²) in [6.45, 7) is 6.01. The number of hydrogen-bond donors (Lipinski definition) is 2. The standard InChI is InChI=1S/C16H23ClN6.HI/c1-4-18-16(20-11-15-22-21-12(2)23(15)3)19-10-9-13-7-5-6-8-14(13)17;/h5-8H,4,9-11H2,1-3H3,(H2,18,19,20);1H. The Morgan fingerprint density at radius 3 is 2.62 bits per heavy atom. The number of aliphatic imine (C=N–C) groups is 1. The zero-order valence-electron chi connectivity index (χ0n) is 14.2. The van der Waals surface area contributed by atoms with E-state index in [0.29, 0.717) is 6.54 Å². The number of halogens is 2. The Kier molecular flexibility index (Phi) is 9.05. The zero-order valence-corrected chi connectivity index (χ0v) is 17.3. The first-order chi connectivity index (χ1) is 11.1. The van der Waals surface area contributed by atoms with Crippen molar-refractivity contribution in [3.63, 3.8) is 0 Å². The third-order valence-electron chi connectivity index (χ3n) is 3.55.